The average molecular weight is 369 g/mol. The number of benzene rings is 1. The van der Waals surface area contributed by atoms with Crippen LogP contribution in [0.5, 0.6) is 11.5 Å². The molecule has 0 fully saturated rings. The van der Waals surface area contributed by atoms with Gasteiger partial charge in [0.2, 0.25) is 10.0 Å². The molecule has 0 spiro atoms. The van der Waals surface area contributed by atoms with Crippen molar-refractivity contribution >= 4 is 21.4 Å². The molecule has 1 aliphatic rings. The fourth-order valence-corrected chi connectivity index (χ4v) is 4.39. The number of ether oxygens (including phenoxy) is 3. The first-order chi connectivity index (χ1) is 11.5. The molecule has 6 nitrogen and oxygen atoms in total. The van der Waals surface area contributed by atoms with Crippen LogP contribution in [0.15, 0.2) is 35.2 Å². The molecule has 130 valence electrons. The minimum atomic E-state index is -3.66. The average Bonchev–Trinajstić information content (AvgIpc) is 3.01. The van der Waals surface area contributed by atoms with Gasteiger partial charge in [0.1, 0.15) is 19.3 Å². The minimum absolute atomic E-state index is 0.143. The zero-order valence-corrected chi connectivity index (χ0v) is 15.1. The van der Waals surface area contributed by atoms with E-state index in [9.17, 15) is 8.42 Å². The van der Waals surface area contributed by atoms with Gasteiger partial charge >= 0.3 is 0 Å². The SMILES string of the molecule is CO[C@H](CNS(=O)(=O)c1ccc2c(c1)OCCO2)c1ccc(C)s1. The summed E-state index contributed by atoms with van der Waals surface area (Å²) in [5.41, 5.74) is 0. The second-order valence-electron chi connectivity index (χ2n) is 5.33. The maximum atomic E-state index is 12.5. The van der Waals surface area contributed by atoms with Crippen molar-refractivity contribution in [1.82, 2.24) is 4.72 Å². The Hall–Kier alpha value is -1.61. The van der Waals surface area contributed by atoms with E-state index in [-0.39, 0.29) is 17.5 Å². The quantitative estimate of drug-likeness (QED) is 0.847. The van der Waals surface area contributed by atoms with Gasteiger partial charge in [0.25, 0.3) is 0 Å². The molecule has 0 bridgehead atoms. The smallest absolute Gasteiger partial charge is 0.240 e. The second kappa shape index (κ2) is 7.10. The largest absolute Gasteiger partial charge is 0.486 e. The number of rotatable bonds is 6. The molecule has 8 heteroatoms. The summed E-state index contributed by atoms with van der Waals surface area (Å²) in [5.74, 6) is 1.00. The van der Waals surface area contributed by atoms with Crippen LogP contribution in [0, 0.1) is 6.92 Å². The zero-order chi connectivity index (χ0) is 17.2. The molecule has 1 atom stereocenters. The Balaban J connectivity index is 1.73. The third kappa shape index (κ3) is 3.72. The van der Waals surface area contributed by atoms with Crippen molar-refractivity contribution in [3.8, 4) is 11.5 Å². The van der Waals surface area contributed by atoms with Crippen molar-refractivity contribution in [3.63, 3.8) is 0 Å². The van der Waals surface area contributed by atoms with Crippen LogP contribution < -0.4 is 14.2 Å². The number of sulfonamides is 1. The molecule has 1 aromatic heterocycles. The number of thiophene rings is 1. The number of hydrogen-bond donors (Lipinski definition) is 1. The van der Waals surface area contributed by atoms with Crippen LogP contribution in [0.25, 0.3) is 0 Å². The van der Waals surface area contributed by atoms with E-state index in [1.807, 2.05) is 19.1 Å². The van der Waals surface area contributed by atoms with E-state index >= 15 is 0 Å². The summed E-state index contributed by atoms with van der Waals surface area (Å²) in [6.07, 6.45) is -0.323. The Morgan fingerprint density at radius 1 is 1.21 bits per heavy atom. The molecule has 0 saturated heterocycles. The van der Waals surface area contributed by atoms with Crippen molar-refractivity contribution in [2.75, 3.05) is 26.9 Å². The standard InChI is InChI=1S/C16H19NO5S2/c1-11-3-6-16(23-11)15(20-2)10-17-24(18,19)12-4-5-13-14(9-12)22-8-7-21-13/h3-6,9,15,17H,7-8,10H2,1-2H3/t15-/m1/s1. The number of fused-ring (bicyclic) bond motifs is 1. The maximum Gasteiger partial charge on any atom is 0.240 e. The van der Waals surface area contributed by atoms with Gasteiger partial charge in [-0.1, -0.05) is 0 Å². The molecule has 2 heterocycles. The molecule has 24 heavy (non-hydrogen) atoms. The lowest BCUT2D eigenvalue weighted by Crippen LogP contribution is -2.29. The lowest BCUT2D eigenvalue weighted by atomic mass is 10.3. The topological polar surface area (TPSA) is 73.9 Å². The molecule has 0 saturated carbocycles. The molecule has 0 unspecified atom stereocenters. The van der Waals surface area contributed by atoms with Gasteiger partial charge in [-0.2, -0.15) is 0 Å². The molecule has 3 rings (SSSR count). The van der Waals surface area contributed by atoms with Crippen LogP contribution in [-0.2, 0) is 14.8 Å². The van der Waals surface area contributed by atoms with Gasteiger partial charge in [0, 0.05) is 29.5 Å². The summed E-state index contributed by atoms with van der Waals surface area (Å²) >= 11 is 1.59. The van der Waals surface area contributed by atoms with Gasteiger partial charge in [-0.25, -0.2) is 13.1 Å². The highest BCUT2D eigenvalue weighted by molar-refractivity contribution is 7.89. The van der Waals surface area contributed by atoms with Crippen LogP contribution in [0.1, 0.15) is 15.9 Å². The molecule has 1 aliphatic heterocycles. The van der Waals surface area contributed by atoms with E-state index in [1.165, 1.54) is 12.1 Å². The monoisotopic (exact) mass is 369 g/mol. The summed E-state index contributed by atoms with van der Waals surface area (Å²) in [6, 6.07) is 8.54. The number of nitrogens with one attached hydrogen (secondary N) is 1. The summed E-state index contributed by atoms with van der Waals surface area (Å²) in [4.78, 5) is 2.28. The molecule has 0 radical (unpaired) electrons. The Morgan fingerprint density at radius 3 is 2.62 bits per heavy atom. The summed E-state index contributed by atoms with van der Waals surface area (Å²) < 4.78 is 43.9. The molecule has 1 aromatic carbocycles. The fraction of sp³-hybridized carbons (Fsp3) is 0.375. The van der Waals surface area contributed by atoms with E-state index in [1.54, 1.807) is 24.5 Å². The van der Waals surface area contributed by atoms with Crippen molar-refractivity contribution in [3.05, 3.63) is 40.1 Å². The predicted octanol–water partition coefficient (Wildman–Crippen LogP) is 2.49. The first kappa shape index (κ1) is 17.2. The molecule has 2 aromatic rings. The highest BCUT2D eigenvalue weighted by Crippen LogP contribution is 2.32. The van der Waals surface area contributed by atoms with Crippen molar-refractivity contribution in [2.24, 2.45) is 0 Å². The Bertz CT molecular complexity index is 816. The van der Waals surface area contributed by atoms with Crippen LogP contribution in [-0.4, -0.2) is 35.3 Å². The van der Waals surface area contributed by atoms with E-state index in [0.29, 0.717) is 24.7 Å². The van der Waals surface area contributed by atoms with Gasteiger partial charge in [0.05, 0.1) is 4.90 Å². The molecule has 0 amide bonds. The summed E-state index contributed by atoms with van der Waals surface area (Å²) in [5, 5.41) is 0. The van der Waals surface area contributed by atoms with E-state index < -0.39 is 10.0 Å². The van der Waals surface area contributed by atoms with E-state index in [0.717, 1.165) is 9.75 Å². The van der Waals surface area contributed by atoms with Crippen LogP contribution in [0.2, 0.25) is 0 Å². The first-order valence-corrected chi connectivity index (χ1v) is 9.78. The normalized spacial score (nSPS) is 15.2. The molecular formula is C16H19NO5S2. The van der Waals surface area contributed by atoms with Gasteiger partial charge in [0.15, 0.2) is 11.5 Å². The Labute approximate surface area is 145 Å². The lowest BCUT2D eigenvalue weighted by molar-refractivity contribution is 0.110. The van der Waals surface area contributed by atoms with Crippen LogP contribution in [0.4, 0.5) is 0 Å². The molecule has 0 aliphatic carbocycles. The first-order valence-electron chi connectivity index (χ1n) is 7.48. The van der Waals surface area contributed by atoms with Gasteiger partial charge < -0.3 is 14.2 Å². The number of methoxy groups -OCH3 is 1. The third-order valence-electron chi connectivity index (χ3n) is 3.65. The van der Waals surface area contributed by atoms with E-state index in [4.69, 9.17) is 14.2 Å². The lowest BCUT2D eigenvalue weighted by Gasteiger charge is -2.19. The van der Waals surface area contributed by atoms with Crippen LogP contribution >= 0.6 is 11.3 Å². The Kier molecular flexibility index (Phi) is 5.09. The Morgan fingerprint density at radius 2 is 1.96 bits per heavy atom. The fourth-order valence-electron chi connectivity index (χ4n) is 2.39. The van der Waals surface area contributed by atoms with Gasteiger partial charge in [-0.05, 0) is 31.2 Å². The van der Waals surface area contributed by atoms with Crippen molar-refractivity contribution < 1.29 is 22.6 Å². The van der Waals surface area contributed by atoms with Gasteiger partial charge in [-0.3, -0.25) is 0 Å². The summed E-state index contributed by atoms with van der Waals surface area (Å²) in [7, 11) is -2.09. The van der Waals surface area contributed by atoms with E-state index in [2.05, 4.69) is 4.72 Å². The summed E-state index contributed by atoms with van der Waals surface area (Å²) in [6.45, 7) is 3.04. The maximum absolute atomic E-state index is 12.5. The molecular weight excluding hydrogens is 350 g/mol. The molecule has 1 N–H and O–H groups in total. The van der Waals surface area contributed by atoms with Crippen molar-refractivity contribution in [2.45, 2.75) is 17.9 Å². The number of hydrogen-bond acceptors (Lipinski definition) is 6. The zero-order valence-electron chi connectivity index (χ0n) is 13.4. The van der Waals surface area contributed by atoms with Gasteiger partial charge in [-0.15, -0.1) is 11.3 Å². The minimum Gasteiger partial charge on any atom is -0.486 e. The van der Waals surface area contributed by atoms with Crippen molar-refractivity contribution in [1.29, 1.82) is 0 Å². The number of aryl methyl sites for hydroxylation is 1. The highest BCUT2D eigenvalue weighted by atomic mass is 32.2. The predicted molar refractivity (Wildman–Crippen MR) is 91.4 cm³/mol. The highest BCUT2D eigenvalue weighted by Gasteiger charge is 2.21. The second-order valence-corrected chi connectivity index (χ2v) is 8.42. The third-order valence-corrected chi connectivity index (χ3v) is 6.16. The van der Waals surface area contributed by atoms with Crippen LogP contribution in [0.3, 0.4) is 0 Å².